The summed E-state index contributed by atoms with van der Waals surface area (Å²) in [6.45, 7) is 2.54. The van der Waals surface area contributed by atoms with E-state index in [1.807, 2.05) is 30.3 Å². The van der Waals surface area contributed by atoms with E-state index < -0.39 is 17.6 Å². The summed E-state index contributed by atoms with van der Waals surface area (Å²) in [6, 6.07) is 14.0. The zero-order chi connectivity index (χ0) is 21.1. The summed E-state index contributed by atoms with van der Waals surface area (Å²) in [4.78, 5) is 18.8. The first-order valence-corrected chi connectivity index (χ1v) is 9.60. The van der Waals surface area contributed by atoms with Crippen molar-refractivity contribution in [3.05, 3.63) is 94.8 Å². The lowest BCUT2D eigenvalue weighted by Crippen LogP contribution is -2.30. The molecule has 1 N–H and O–H groups in total. The number of anilines is 1. The standard InChI is InChI=1S/C23H20F3N3O/c24-23(25,26)20-4-1-18(2-5-20)22(30)28-21-6-3-17-9-12-29(15-19(17)13-21)14-16-7-10-27-11-8-16/h1-8,10-11,13H,9,12,14-15H2,(H,28,30). The van der Waals surface area contributed by atoms with E-state index in [2.05, 4.69) is 15.2 Å². The Kier molecular flexibility index (Phi) is 5.55. The number of carbonyl (C=O) groups is 1. The average Bonchev–Trinajstić information content (AvgIpc) is 2.74. The number of pyridine rings is 1. The van der Waals surface area contributed by atoms with E-state index in [1.165, 1.54) is 23.3 Å². The molecule has 1 aliphatic rings. The van der Waals surface area contributed by atoms with Gasteiger partial charge in [0.1, 0.15) is 0 Å². The monoisotopic (exact) mass is 411 g/mol. The Morgan fingerprint density at radius 3 is 2.43 bits per heavy atom. The fourth-order valence-corrected chi connectivity index (χ4v) is 3.59. The third kappa shape index (κ3) is 4.68. The molecule has 4 nitrogen and oxygen atoms in total. The molecule has 0 bridgehead atoms. The van der Waals surface area contributed by atoms with Crippen molar-refractivity contribution in [1.29, 1.82) is 0 Å². The highest BCUT2D eigenvalue weighted by molar-refractivity contribution is 6.04. The summed E-state index contributed by atoms with van der Waals surface area (Å²) in [5.41, 5.74) is 3.61. The molecule has 154 valence electrons. The highest BCUT2D eigenvalue weighted by atomic mass is 19.4. The zero-order valence-electron chi connectivity index (χ0n) is 16.1. The van der Waals surface area contributed by atoms with Crippen LogP contribution in [0.15, 0.2) is 67.0 Å². The molecule has 0 saturated heterocycles. The molecule has 0 unspecified atom stereocenters. The first-order chi connectivity index (χ1) is 14.4. The molecule has 0 atom stereocenters. The summed E-state index contributed by atoms with van der Waals surface area (Å²) < 4.78 is 38.1. The van der Waals surface area contributed by atoms with Gasteiger partial charge >= 0.3 is 6.18 Å². The number of amides is 1. The normalized spacial score (nSPS) is 14.2. The Morgan fingerprint density at radius 2 is 1.73 bits per heavy atom. The van der Waals surface area contributed by atoms with Crippen LogP contribution < -0.4 is 5.32 Å². The van der Waals surface area contributed by atoms with E-state index in [-0.39, 0.29) is 5.56 Å². The second kappa shape index (κ2) is 8.28. The van der Waals surface area contributed by atoms with Crippen molar-refractivity contribution in [2.24, 2.45) is 0 Å². The molecule has 0 aliphatic carbocycles. The number of hydrogen-bond donors (Lipinski definition) is 1. The molecule has 0 saturated carbocycles. The highest BCUT2D eigenvalue weighted by Crippen LogP contribution is 2.29. The zero-order valence-corrected chi connectivity index (χ0v) is 16.1. The molecule has 1 amide bonds. The van der Waals surface area contributed by atoms with Crippen molar-refractivity contribution in [3.63, 3.8) is 0 Å². The van der Waals surface area contributed by atoms with Crippen molar-refractivity contribution in [3.8, 4) is 0 Å². The number of rotatable bonds is 4. The quantitative estimate of drug-likeness (QED) is 0.664. The smallest absolute Gasteiger partial charge is 0.322 e. The highest BCUT2D eigenvalue weighted by Gasteiger charge is 2.30. The van der Waals surface area contributed by atoms with Gasteiger partial charge < -0.3 is 5.32 Å². The fourth-order valence-electron chi connectivity index (χ4n) is 3.59. The third-order valence-electron chi connectivity index (χ3n) is 5.19. The summed E-state index contributed by atoms with van der Waals surface area (Å²) >= 11 is 0. The molecule has 2 aromatic carbocycles. The first-order valence-electron chi connectivity index (χ1n) is 9.60. The number of fused-ring (bicyclic) bond motifs is 1. The number of benzene rings is 2. The summed E-state index contributed by atoms with van der Waals surface area (Å²) in [7, 11) is 0. The number of hydrogen-bond acceptors (Lipinski definition) is 3. The average molecular weight is 411 g/mol. The van der Waals surface area contributed by atoms with Crippen LogP contribution in [0.25, 0.3) is 0 Å². The Balaban J connectivity index is 1.44. The number of alkyl halides is 3. The Bertz CT molecular complexity index is 1030. The first kappa shape index (κ1) is 20.1. The van der Waals surface area contributed by atoms with Crippen LogP contribution >= 0.6 is 0 Å². The molecule has 3 aromatic rings. The van der Waals surface area contributed by atoms with Crippen LogP contribution in [-0.4, -0.2) is 22.3 Å². The molecule has 2 heterocycles. The van der Waals surface area contributed by atoms with Gasteiger partial charge in [0.15, 0.2) is 0 Å². The predicted octanol–water partition coefficient (Wildman–Crippen LogP) is 4.91. The van der Waals surface area contributed by atoms with Crippen molar-refractivity contribution in [2.75, 3.05) is 11.9 Å². The number of aromatic nitrogens is 1. The number of carbonyl (C=O) groups excluding carboxylic acids is 1. The molecule has 1 aromatic heterocycles. The lowest BCUT2D eigenvalue weighted by atomic mass is 9.98. The Hall–Kier alpha value is -3.19. The Labute approximate surface area is 172 Å². The van der Waals surface area contributed by atoms with E-state index in [9.17, 15) is 18.0 Å². The summed E-state index contributed by atoms with van der Waals surface area (Å²) in [6.07, 6.45) is 0.0629. The molecule has 7 heteroatoms. The molecule has 0 spiro atoms. The van der Waals surface area contributed by atoms with Crippen LogP contribution in [0.3, 0.4) is 0 Å². The minimum Gasteiger partial charge on any atom is -0.322 e. The van der Waals surface area contributed by atoms with Gasteiger partial charge in [0.25, 0.3) is 5.91 Å². The summed E-state index contributed by atoms with van der Waals surface area (Å²) in [5, 5.41) is 2.78. The molecule has 1 aliphatic heterocycles. The molecular weight excluding hydrogens is 391 g/mol. The fraction of sp³-hybridized carbons (Fsp3) is 0.217. The van der Waals surface area contributed by atoms with Crippen LogP contribution in [-0.2, 0) is 25.7 Å². The molecule has 0 radical (unpaired) electrons. The lowest BCUT2D eigenvalue weighted by Gasteiger charge is -2.29. The van der Waals surface area contributed by atoms with Gasteiger partial charge in [-0.1, -0.05) is 6.07 Å². The third-order valence-corrected chi connectivity index (χ3v) is 5.19. The van der Waals surface area contributed by atoms with Gasteiger partial charge in [-0.25, -0.2) is 0 Å². The van der Waals surface area contributed by atoms with Crippen LogP contribution in [0.5, 0.6) is 0 Å². The van der Waals surface area contributed by atoms with Crippen molar-refractivity contribution < 1.29 is 18.0 Å². The van der Waals surface area contributed by atoms with Crippen LogP contribution in [0.1, 0.15) is 32.6 Å². The number of halogens is 3. The van der Waals surface area contributed by atoms with Gasteiger partial charge in [-0.2, -0.15) is 13.2 Å². The van der Waals surface area contributed by atoms with Gasteiger partial charge in [0, 0.05) is 43.3 Å². The summed E-state index contributed by atoms with van der Waals surface area (Å²) in [5.74, 6) is -0.437. The maximum Gasteiger partial charge on any atom is 0.416 e. The number of nitrogens with zero attached hydrogens (tertiary/aromatic N) is 2. The lowest BCUT2D eigenvalue weighted by molar-refractivity contribution is -0.137. The van der Waals surface area contributed by atoms with Crippen LogP contribution in [0, 0.1) is 0 Å². The van der Waals surface area contributed by atoms with Gasteiger partial charge in [-0.15, -0.1) is 0 Å². The maximum atomic E-state index is 12.7. The van der Waals surface area contributed by atoms with Crippen molar-refractivity contribution in [1.82, 2.24) is 9.88 Å². The van der Waals surface area contributed by atoms with Crippen LogP contribution in [0.2, 0.25) is 0 Å². The van der Waals surface area contributed by atoms with E-state index in [0.717, 1.165) is 43.8 Å². The van der Waals surface area contributed by atoms with Crippen LogP contribution in [0.4, 0.5) is 18.9 Å². The number of nitrogens with one attached hydrogen (secondary N) is 1. The van der Waals surface area contributed by atoms with Gasteiger partial charge in [-0.3, -0.25) is 14.7 Å². The van der Waals surface area contributed by atoms with Gasteiger partial charge in [0.2, 0.25) is 0 Å². The SMILES string of the molecule is O=C(Nc1ccc2c(c1)CN(Cc1ccncc1)CC2)c1ccc(C(F)(F)F)cc1. The minimum absolute atomic E-state index is 0.181. The van der Waals surface area contributed by atoms with E-state index >= 15 is 0 Å². The largest absolute Gasteiger partial charge is 0.416 e. The molecular formula is C23H20F3N3O. The van der Waals surface area contributed by atoms with Crippen molar-refractivity contribution >= 4 is 11.6 Å². The second-order valence-corrected chi connectivity index (χ2v) is 7.33. The van der Waals surface area contributed by atoms with Gasteiger partial charge in [-0.05, 0) is 71.6 Å². The molecule has 4 rings (SSSR count). The van der Waals surface area contributed by atoms with E-state index in [4.69, 9.17) is 0 Å². The minimum atomic E-state index is -4.42. The van der Waals surface area contributed by atoms with E-state index in [1.54, 1.807) is 12.4 Å². The van der Waals surface area contributed by atoms with Gasteiger partial charge in [0.05, 0.1) is 5.56 Å². The second-order valence-electron chi connectivity index (χ2n) is 7.33. The molecule has 30 heavy (non-hydrogen) atoms. The topological polar surface area (TPSA) is 45.2 Å². The maximum absolute atomic E-state index is 12.7. The van der Waals surface area contributed by atoms with Crippen molar-refractivity contribution in [2.45, 2.75) is 25.7 Å². The Morgan fingerprint density at radius 1 is 1.00 bits per heavy atom. The molecule has 0 fully saturated rings. The predicted molar refractivity (Wildman–Crippen MR) is 108 cm³/mol. The van der Waals surface area contributed by atoms with E-state index in [0.29, 0.717) is 5.69 Å².